The molecule has 1 aromatic heterocycles. The molecule has 1 saturated heterocycles. The fourth-order valence-corrected chi connectivity index (χ4v) is 3.29. The lowest BCUT2D eigenvalue weighted by Gasteiger charge is -2.15. The van der Waals surface area contributed by atoms with Gasteiger partial charge in [0.05, 0.1) is 17.1 Å². The lowest BCUT2D eigenvalue weighted by atomic mass is 10.4. The molecular formula is C12H20N4OS. The third kappa shape index (κ3) is 3.05. The number of aromatic nitrogens is 2. The molecule has 18 heavy (non-hydrogen) atoms. The summed E-state index contributed by atoms with van der Waals surface area (Å²) in [6, 6.07) is 0. The number of amides is 1. The Morgan fingerprint density at radius 3 is 2.94 bits per heavy atom. The molecular weight excluding hydrogens is 248 g/mol. The molecule has 1 atom stereocenters. The predicted molar refractivity (Wildman–Crippen MR) is 75.0 cm³/mol. The lowest BCUT2D eigenvalue weighted by Crippen LogP contribution is -2.28. The molecule has 1 aliphatic rings. The lowest BCUT2D eigenvalue weighted by molar-refractivity contribution is -0.116. The van der Waals surface area contributed by atoms with Crippen molar-refractivity contribution in [2.24, 2.45) is 7.05 Å². The summed E-state index contributed by atoms with van der Waals surface area (Å²) in [6.07, 6.45) is 4.58. The van der Waals surface area contributed by atoms with E-state index in [2.05, 4.69) is 24.1 Å². The first-order valence-electron chi connectivity index (χ1n) is 6.14. The highest BCUT2D eigenvalue weighted by atomic mass is 32.2. The summed E-state index contributed by atoms with van der Waals surface area (Å²) in [5.74, 6) is 1.23. The van der Waals surface area contributed by atoms with Crippen molar-refractivity contribution in [3.05, 3.63) is 12.4 Å². The van der Waals surface area contributed by atoms with E-state index < -0.39 is 0 Å². The van der Waals surface area contributed by atoms with E-state index in [0.29, 0.717) is 0 Å². The average Bonchev–Trinajstić information content (AvgIpc) is 2.86. The van der Waals surface area contributed by atoms with Crippen LogP contribution in [-0.2, 0) is 11.8 Å². The van der Waals surface area contributed by atoms with E-state index in [0.717, 1.165) is 31.0 Å². The fraction of sp³-hybridized carbons (Fsp3) is 0.667. The minimum absolute atomic E-state index is 0.116. The minimum Gasteiger partial charge on any atom is -0.309 e. The largest absolute Gasteiger partial charge is 0.309 e. The Bertz CT molecular complexity index is 418. The summed E-state index contributed by atoms with van der Waals surface area (Å²) < 4.78 is 1.73. The van der Waals surface area contributed by atoms with E-state index in [1.54, 1.807) is 22.6 Å². The number of hydrogen-bond donors (Lipinski definition) is 0. The van der Waals surface area contributed by atoms with Crippen molar-refractivity contribution in [3.8, 4) is 0 Å². The Balaban J connectivity index is 1.89. The smallest absolute Gasteiger partial charge is 0.240 e. The van der Waals surface area contributed by atoms with Gasteiger partial charge in [-0.3, -0.25) is 9.48 Å². The van der Waals surface area contributed by atoms with Crippen molar-refractivity contribution in [1.82, 2.24) is 14.7 Å². The van der Waals surface area contributed by atoms with Gasteiger partial charge in [0.25, 0.3) is 0 Å². The van der Waals surface area contributed by atoms with Crippen LogP contribution in [0.3, 0.4) is 0 Å². The van der Waals surface area contributed by atoms with Crippen LogP contribution >= 0.6 is 11.8 Å². The molecule has 0 N–H and O–H groups in total. The van der Waals surface area contributed by atoms with E-state index in [4.69, 9.17) is 0 Å². The molecule has 0 aromatic carbocycles. The van der Waals surface area contributed by atoms with Crippen LogP contribution in [0.4, 0.5) is 5.69 Å². The monoisotopic (exact) mass is 268 g/mol. The van der Waals surface area contributed by atoms with Gasteiger partial charge in [-0.25, -0.2) is 0 Å². The molecule has 0 bridgehead atoms. The van der Waals surface area contributed by atoms with E-state index in [1.807, 2.05) is 18.1 Å². The number of thioether (sulfide) groups is 1. The molecule has 0 spiro atoms. The Morgan fingerprint density at radius 2 is 2.33 bits per heavy atom. The number of carbonyl (C=O) groups excluding carboxylic acids is 1. The van der Waals surface area contributed by atoms with Crippen molar-refractivity contribution in [1.29, 1.82) is 0 Å². The van der Waals surface area contributed by atoms with Crippen LogP contribution in [0.5, 0.6) is 0 Å². The maximum absolute atomic E-state index is 12.2. The summed E-state index contributed by atoms with van der Waals surface area (Å²) in [4.78, 5) is 16.2. The number of nitrogens with zero attached hydrogens (tertiary/aromatic N) is 4. The molecule has 1 aromatic rings. The van der Waals surface area contributed by atoms with Gasteiger partial charge in [0.1, 0.15) is 0 Å². The molecule has 6 heteroatoms. The highest BCUT2D eigenvalue weighted by Gasteiger charge is 2.33. The Labute approximate surface area is 112 Å². The summed E-state index contributed by atoms with van der Waals surface area (Å²) in [7, 11) is 5.98. The second kappa shape index (κ2) is 5.75. The van der Waals surface area contributed by atoms with Crippen LogP contribution in [0.1, 0.15) is 6.42 Å². The van der Waals surface area contributed by atoms with Crippen molar-refractivity contribution in [2.75, 3.05) is 37.8 Å². The van der Waals surface area contributed by atoms with Crippen LogP contribution in [-0.4, -0.2) is 58.8 Å². The number of rotatable bonds is 5. The van der Waals surface area contributed by atoms with Gasteiger partial charge >= 0.3 is 0 Å². The SMILES string of the molecule is CN(C)CCS[C@@H]1CCN(c2cnn(C)c2)C1=O. The molecule has 0 saturated carbocycles. The average molecular weight is 268 g/mol. The van der Waals surface area contributed by atoms with Crippen LogP contribution in [0.25, 0.3) is 0 Å². The summed E-state index contributed by atoms with van der Waals surface area (Å²) >= 11 is 1.77. The summed E-state index contributed by atoms with van der Waals surface area (Å²) in [5.41, 5.74) is 0.915. The normalized spacial score (nSPS) is 20.1. The zero-order chi connectivity index (χ0) is 13.1. The molecule has 100 valence electrons. The van der Waals surface area contributed by atoms with Gasteiger partial charge in [-0.05, 0) is 20.5 Å². The third-order valence-corrected chi connectivity index (χ3v) is 4.27. The second-order valence-corrected chi connectivity index (χ2v) is 6.12. The second-order valence-electron chi connectivity index (χ2n) is 4.81. The number of aryl methyl sites for hydroxylation is 1. The topological polar surface area (TPSA) is 41.4 Å². The quantitative estimate of drug-likeness (QED) is 0.793. The van der Waals surface area contributed by atoms with E-state index in [1.165, 1.54) is 0 Å². The van der Waals surface area contributed by atoms with Gasteiger partial charge in [0.15, 0.2) is 0 Å². The van der Waals surface area contributed by atoms with Crippen LogP contribution < -0.4 is 4.90 Å². The molecule has 5 nitrogen and oxygen atoms in total. The van der Waals surface area contributed by atoms with Gasteiger partial charge in [-0.15, -0.1) is 11.8 Å². The Morgan fingerprint density at radius 1 is 1.56 bits per heavy atom. The van der Waals surface area contributed by atoms with Crippen molar-refractivity contribution < 1.29 is 4.79 Å². The molecule has 2 rings (SSSR count). The van der Waals surface area contributed by atoms with E-state index in [-0.39, 0.29) is 11.2 Å². The fourth-order valence-electron chi connectivity index (χ4n) is 1.99. The number of hydrogen-bond acceptors (Lipinski definition) is 4. The van der Waals surface area contributed by atoms with Crippen molar-refractivity contribution in [2.45, 2.75) is 11.7 Å². The van der Waals surface area contributed by atoms with Crippen LogP contribution in [0, 0.1) is 0 Å². The summed E-state index contributed by atoms with van der Waals surface area (Å²) in [6.45, 7) is 1.82. The maximum Gasteiger partial charge on any atom is 0.240 e. The summed E-state index contributed by atoms with van der Waals surface area (Å²) in [5, 5.41) is 4.23. The van der Waals surface area contributed by atoms with Crippen molar-refractivity contribution >= 4 is 23.4 Å². The van der Waals surface area contributed by atoms with E-state index >= 15 is 0 Å². The van der Waals surface area contributed by atoms with E-state index in [9.17, 15) is 4.79 Å². The first-order valence-corrected chi connectivity index (χ1v) is 7.19. The standard InChI is InChI=1S/C12H20N4OS/c1-14(2)6-7-18-11-4-5-16(12(11)17)10-8-13-15(3)9-10/h8-9,11H,4-7H2,1-3H3/t11-/m1/s1. The van der Waals surface area contributed by atoms with Crippen LogP contribution in [0.2, 0.25) is 0 Å². The highest BCUT2D eigenvalue weighted by Crippen LogP contribution is 2.28. The molecule has 0 radical (unpaired) electrons. The zero-order valence-corrected chi connectivity index (χ0v) is 12.0. The Kier molecular flexibility index (Phi) is 4.29. The number of carbonyl (C=O) groups is 1. The zero-order valence-electron chi connectivity index (χ0n) is 11.2. The molecule has 0 unspecified atom stereocenters. The third-order valence-electron chi connectivity index (χ3n) is 3.02. The molecule has 1 amide bonds. The first kappa shape index (κ1) is 13.4. The van der Waals surface area contributed by atoms with Gasteiger partial charge in [0.2, 0.25) is 5.91 Å². The first-order chi connectivity index (χ1) is 8.58. The highest BCUT2D eigenvalue weighted by molar-refractivity contribution is 8.00. The molecule has 0 aliphatic carbocycles. The van der Waals surface area contributed by atoms with Gasteiger partial charge in [-0.1, -0.05) is 0 Å². The molecule has 1 aliphatic heterocycles. The van der Waals surface area contributed by atoms with Gasteiger partial charge < -0.3 is 9.80 Å². The molecule has 2 heterocycles. The minimum atomic E-state index is 0.116. The van der Waals surface area contributed by atoms with Crippen LogP contribution in [0.15, 0.2) is 12.4 Å². The maximum atomic E-state index is 12.2. The van der Waals surface area contributed by atoms with Gasteiger partial charge in [0, 0.05) is 32.1 Å². The number of anilines is 1. The van der Waals surface area contributed by atoms with Gasteiger partial charge in [-0.2, -0.15) is 5.10 Å². The molecule has 1 fully saturated rings. The Hall–Kier alpha value is -1.01. The van der Waals surface area contributed by atoms with Crippen molar-refractivity contribution in [3.63, 3.8) is 0 Å². The predicted octanol–water partition coefficient (Wildman–Crippen LogP) is 0.820.